The molecular formula is C16H21FN2O. The maximum atomic E-state index is 13.0. The van der Waals surface area contributed by atoms with Gasteiger partial charge in [0, 0.05) is 18.5 Å². The summed E-state index contributed by atoms with van der Waals surface area (Å²) in [6, 6.07) is 6.96. The molecule has 0 aliphatic carbocycles. The van der Waals surface area contributed by atoms with Crippen LogP contribution in [0.1, 0.15) is 37.7 Å². The molecule has 1 N–H and O–H groups in total. The number of rotatable bonds is 2. The molecule has 0 unspecified atom stereocenters. The lowest BCUT2D eigenvalue weighted by Crippen LogP contribution is -2.45. The van der Waals surface area contributed by atoms with Crippen LogP contribution >= 0.6 is 0 Å². The molecule has 3 atom stereocenters. The van der Waals surface area contributed by atoms with E-state index in [9.17, 15) is 9.18 Å². The third kappa shape index (κ3) is 2.57. The minimum atomic E-state index is -0.206. The standard InChI is InChI=1S/C16H21FN2O/c1-11-9-13(12-4-6-14(17)7-5-12)10-19(11)16(20)15-3-2-8-18-15/h4-7,11,13,15,18H,2-3,8-10H2,1H3/t11-,13+,15+/m1/s1. The van der Waals surface area contributed by atoms with E-state index in [1.54, 1.807) is 0 Å². The SMILES string of the molecule is C[C@@H]1C[C@H](c2ccc(F)cc2)CN1C(=O)[C@@H]1CCCN1. The van der Waals surface area contributed by atoms with Gasteiger partial charge in [0.15, 0.2) is 0 Å². The predicted molar refractivity (Wildman–Crippen MR) is 76.0 cm³/mol. The van der Waals surface area contributed by atoms with Crippen LogP contribution in [-0.2, 0) is 4.79 Å². The van der Waals surface area contributed by atoms with E-state index in [4.69, 9.17) is 0 Å². The van der Waals surface area contributed by atoms with Crippen molar-refractivity contribution in [2.75, 3.05) is 13.1 Å². The summed E-state index contributed by atoms with van der Waals surface area (Å²) in [6.45, 7) is 3.81. The number of benzene rings is 1. The number of nitrogens with one attached hydrogen (secondary N) is 1. The van der Waals surface area contributed by atoms with Gasteiger partial charge in [-0.1, -0.05) is 12.1 Å². The highest BCUT2D eigenvalue weighted by Crippen LogP contribution is 2.32. The van der Waals surface area contributed by atoms with Crippen molar-refractivity contribution in [1.82, 2.24) is 10.2 Å². The molecule has 0 bridgehead atoms. The maximum Gasteiger partial charge on any atom is 0.239 e. The summed E-state index contributed by atoms with van der Waals surface area (Å²) < 4.78 is 13.0. The van der Waals surface area contributed by atoms with Gasteiger partial charge >= 0.3 is 0 Å². The smallest absolute Gasteiger partial charge is 0.239 e. The zero-order valence-corrected chi connectivity index (χ0v) is 11.8. The molecule has 0 spiro atoms. The Balaban J connectivity index is 1.69. The highest BCUT2D eigenvalue weighted by Gasteiger charge is 2.36. The van der Waals surface area contributed by atoms with Crippen LogP contribution in [0.15, 0.2) is 24.3 Å². The van der Waals surface area contributed by atoms with Gasteiger partial charge in [-0.25, -0.2) is 4.39 Å². The van der Waals surface area contributed by atoms with Gasteiger partial charge in [-0.05, 0) is 50.4 Å². The predicted octanol–water partition coefficient (Wildman–Crippen LogP) is 2.28. The van der Waals surface area contributed by atoms with E-state index in [1.165, 1.54) is 12.1 Å². The van der Waals surface area contributed by atoms with E-state index in [0.717, 1.165) is 37.9 Å². The molecule has 0 radical (unpaired) electrons. The van der Waals surface area contributed by atoms with Crippen molar-refractivity contribution in [1.29, 1.82) is 0 Å². The molecule has 1 aromatic rings. The van der Waals surface area contributed by atoms with Gasteiger partial charge in [0.2, 0.25) is 5.91 Å². The number of hydrogen-bond acceptors (Lipinski definition) is 2. The normalized spacial score (nSPS) is 29.9. The Kier molecular flexibility index (Phi) is 3.74. The molecule has 1 amide bonds. The zero-order valence-electron chi connectivity index (χ0n) is 11.8. The molecule has 2 aliphatic rings. The lowest BCUT2D eigenvalue weighted by Gasteiger charge is -2.25. The molecule has 2 saturated heterocycles. The Labute approximate surface area is 119 Å². The van der Waals surface area contributed by atoms with Crippen molar-refractivity contribution < 1.29 is 9.18 Å². The first-order chi connectivity index (χ1) is 9.65. The summed E-state index contributed by atoms with van der Waals surface area (Å²) in [6.07, 6.45) is 2.99. The van der Waals surface area contributed by atoms with Crippen LogP contribution in [-0.4, -0.2) is 36.0 Å². The number of nitrogens with zero attached hydrogens (tertiary/aromatic N) is 1. The summed E-state index contributed by atoms with van der Waals surface area (Å²) in [5.74, 6) is 0.360. The van der Waals surface area contributed by atoms with Crippen molar-refractivity contribution in [3.05, 3.63) is 35.6 Å². The second-order valence-corrected chi connectivity index (χ2v) is 5.97. The van der Waals surface area contributed by atoms with E-state index in [2.05, 4.69) is 12.2 Å². The molecular weight excluding hydrogens is 255 g/mol. The molecule has 0 saturated carbocycles. The summed E-state index contributed by atoms with van der Waals surface area (Å²) in [5, 5.41) is 3.28. The summed E-state index contributed by atoms with van der Waals surface area (Å²) in [5.41, 5.74) is 1.13. The summed E-state index contributed by atoms with van der Waals surface area (Å²) in [4.78, 5) is 14.5. The highest BCUT2D eigenvalue weighted by atomic mass is 19.1. The van der Waals surface area contributed by atoms with Crippen LogP contribution in [0.3, 0.4) is 0 Å². The number of likely N-dealkylation sites (tertiary alicyclic amines) is 1. The Morgan fingerprint density at radius 3 is 2.75 bits per heavy atom. The Bertz CT molecular complexity index is 482. The van der Waals surface area contributed by atoms with Crippen molar-refractivity contribution >= 4 is 5.91 Å². The van der Waals surface area contributed by atoms with Crippen LogP contribution in [0.25, 0.3) is 0 Å². The van der Waals surface area contributed by atoms with Gasteiger partial charge in [0.25, 0.3) is 0 Å². The molecule has 108 valence electrons. The van der Waals surface area contributed by atoms with Crippen LogP contribution in [0.2, 0.25) is 0 Å². The fourth-order valence-electron chi connectivity index (χ4n) is 3.41. The third-order valence-corrected chi connectivity index (χ3v) is 4.56. The Hall–Kier alpha value is -1.42. The van der Waals surface area contributed by atoms with Crippen LogP contribution in [0.4, 0.5) is 4.39 Å². The van der Waals surface area contributed by atoms with Gasteiger partial charge in [-0.15, -0.1) is 0 Å². The number of carbonyl (C=O) groups is 1. The lowest BCUT2D eigenvalue weighted by atomic mass is 9.97. The molecule has 3 nitrogen and oxygen atoms in total. The quantitative estimate of drug-likeness (QED) is 0.899. The first kappa shape index (κ1) is 13.6. The highest BCUT2D eigenvalue weighted by molar-refractivity contribution is 5.82. The molecule has 0 aromatic heterocycles. The molecule has 3 rings (SSSR count). The first-order valence-electron chi connectivity index (χ1n) is 7.44. The van der Waals surface area contributed by atoms with E-state index in [0.29, 0.717) is 5.92 Å². The molecule has 2 aliphatic heterocycles. The second kappa shape index (κ2) is 5.52. The second-order valence-electron chi connectivity index (χ2n) is 5.97. The average molecular weight is 276 g/mol. The number of carbonyl (C=O) groups excluding carboxylic acids is 1. The first-order valence-corrected chi connectivity index (χ1v) is 7.44. The van der Waals surface area contributed by atoms with Crippen molar-refractivity contribution in [3.63, 3.8) is 0 Å². The fourth-order valence-corrected chi connectivity index (χ4v) is 3.41. The lowest BCUT2D eigenvalue weighted by molar-refractivity contribution is -0.133. The minimum Gasteiger partial charge on any atom is -0.338 e. The largest absolute Gasteiger partial charge is 0.338 e. The topological polar surface area (TPSA) is 32.3 Å². The summed E-state index contributed by atoms with van der Waals surface area (Å²) >= 11 is 0. The zero-order chi connectivity index (χ0) is 14.1. The van der Waals surface area contributed by atoms with Crippen molar-refractivity contribution in [3.8, 4) is 0 Å². The van der Waals surface area contributed by atoms with Gasteiger partial charge in [-0.3, -0.25) is 4.79 Å². The van der Waals surface area contributed by atoms with Crippen LogP contribution < -0.4 is 5.32 Å². The molecule has 4 heteroatoms. The molecule has 2 fully saturated rings. The number of amides is 1. The average Bonchev–Trinajstić information content (AvgIpc) is 3.08. The van der Waals surface area contributed by atoms with Gasteiger partial charge in [0.05, 0.1) is 6.04 Å². The van der Waals surface area contributed by atoms with E-state index < -0.39 is 0 Å². The Morgan fingerprint density at radius 1 is 1.35 bits per heavy atom. The van der Waals surface area contributed by atoms with Gasteiger partial charge in [0.1, 0.15) is 5.82 Å². The van der Waals surface area contributed by atoms with Crippen LogP contribution in [0.5, 0.6) is 0 Å². The van der Waals surface area contributed by atoms with Gasteiger partial charge in [-0.2, -0.15) is 0 Å². The fraction of sp³-hybridized carbons (Fsp3) is 0.562. The number of hydrogen-bond donors (Lipinski definition) is 1. The molecule has 20 heavy (non-hydrogen) atoms. The minimum absolute atomic E-state index is 0.00409. The summed E-state index contributed by atoms with van der Waals surface area (Å²) in [7, 11) is 0. The van der Waals surface area contributed by atoms with E-state index in [1.807, 2.05) is 17.0 Å². The molecule has 2 heterocycles. The number of halogens is 1. The molecule has 1 aromatic carbocycles. The van der Waals surface area contributed by atoms with E-state index in [-0.39, 0.29) is 23.8 Å². The van der Waals surface area contributed by atoms with E-state index >= 15 is 0 Å². The third-order valence-electron chi connectivity index (χ3n) is 4.56. The van der Waals surface area contributed by atoms with Gasteiger partial charge < -0.3 is 10.2 Å². The van der Waals surface area contributed by atoms with Crippen LogP contribution in [0, 0.1) is 5.82 Å². The van der Waals surface area contributed by atoms with Crippen molar-refractivity contribution in [2.45, 2.75) is 44.2 Å². The Morgan fingerprint density at radius 2 is 2.10 bits per heavy atom. The van der Waals surface area contributed by atoms with Crippen molar-refractivity contribution in [2.24, 2.45) is 0 Å². The monoisotopic (exact) mass is 276 g/mol. The maximum absolute atomic E-state index is 13.0.